The number of hydrogen-bond donors (Lipinski definition) is 1. The number of nitrogens with zero attached hydrogens (tertiary/aromatic N) is 3. The highest BCUT2D eigenvalue weighted by atomic mass is 127. The molecule has 0 aromatic heterocycles. The summed E-state index contributed by atoms with van der Waals surface area (Å²) < 4.78 is 17.0. The maximum Gasteiger partial charge on any atom is 0.194 e. The molecule has 7 nitrogen and oxygen atoms in total. The third-order valence-electron chi connectivity index (χ3n) is 6.42. The quantitative estimate of drug-likeness (QED) is 0.316. The fourth-order valence-corrected chi connectivity index (χ4v) is 4.64. The number of aliphatic imine (C=N–C) groups is 1. The first-order valence-corrected chi connectivity index (χ1v) is 11.9. The first-order chi connectivity index (χ1) is 15.3. The zero-order valence-corrected chi connectivity index (χ0v) is 21.7. The molecule has 3 saturated heterocycles. The molecule has 32 heavy (non-hydrogen) atoms. The number of hydrogen-bond acceptors (Lipinski definition) is 5. The van der Waals surface area contributed by atoms with Crippen LogP contribution in [0.3, 0.4) is 0 Å². The number of rotatable bonds is 7. The Bertz CT molecular complexity index is 708. The second-order valence-electron chi connectivity index (χ2n) is 8.65. The second kappa shape index (κ2) is 13.7. The Balaban J connectivity index is 0.00000289. The van der Waals surface area contributed by atoms with Crippen LogP contribution in [-0.4, -0.2) is 87.1 Å². The SMILES string of the molecule is CCNC(=NCc1cccc(COC2CCOCC2)c1)N1CCC(N2CCOCC2)C1.I. The van der Waals surface area contributed by atoms with E-state index in [4.69, 9.17) is 19.2 Å². The van der Waals surface area contributed by atoms with Gasteiger partial charge in [0.05, 0.1) is 32.5 Å². The van der Waals surface area contributed by atoms with E-state index >= 15 is 0 Å². The molecule has 1 N–H and O–H groups in total. The molecule has 4 rings (SSSR count). The van der Waals surface area contributed by atoms with Gasteiger partial charge in [-0.2, -0.15) is 0 Å². The fourth-order valence-electron chi connectivity index (χ4n) is 4.64. The number of nitrogens with one attached hydrogen (secondary N) is 1. The van der Waals surface area contributed by atoms with E-state index < -0.39 is 0 Å². The van der Waals surface area contributed by atoms with E-state index in [1.54, 1.807) is 0 Å². The van der Waals surface area contributed by atoms with E-state index in [0.717, 1.165) is 78.0 Å². The molecule has 180 valence electrons. The summed E-state index contributed by atoms with van der Waals surface area (Å²) in [5.74, 6) is 1.03. The normalized spacial score (nSPS) is 23.2. The first kappa shape index (κ1) is 25.7. The highest BCUT2D eigenvalue weighted by molar-refractivity contribution is 14.0. The van der Waals surface area contributed by atoms with Gasteiger partial charge in [-0.3, -0.25) is 4.90 Å². The predicted molar refractivity (Wildman–Crippen MR) is 138 cm³/mol. The summed E-state index contributed by atoms with van der Waals surface area (Å²) in [4.78, 5) is 9.96. The molecule has 1 atom stereocenters. The van der Waals surface area contributed by atoms with E-state index in [-0.39, 0.29) is 24.0 Å². The molecule has 0 bridgehead atoms. The lowest BCUT2D eigenvalue weighted by Crippen LogP contribution is -2.46. The van der Waals surface area contributed by atoms with Crippen LogP contribution in [0.4, 0.5) is 0 Å². The lowest BCUT2D eigenvalue weighted by Gasteiger charge is -2.32. The summed E-state index contributed by atoms with van der Waals surface area (Å²) in [6.45, 7) is 11.9. The van der Waals surface area contributed by atoms with Crippen LogP contribution in [0, 0.1) is 0 Å². The minimum absolute atomic E-state index is 0. The number of benzene rings is 1. The van der Waals surface area contributed by atoms with Crippen LogP contribution in [0.25, 0.3) is 0 Å². The Morgan fingerprint density at radius 1 is 1.06 bits per heavy atom. The van der Waals surface area contributed by atoms with Crippen LogP contribution in [-0.2, 0) is 27.4 Å². The fraction of sp³-hybridized carbons (Fsp3) is 0.708. The number of morpholine rings is 1. The summed E-state index contributed by atoms with van der Waals surface area (Å²) in [7, 11) is 0. The molecular formula is C24H39IN4O3. The largest absolute Gasteiger partial charge is 0.381 e. The zero-order chi connectivity index (χ0) is 21.3. The highest BCUT2D eigenvalue weighted by Gasteiger charge is 2.30. The Morgan fingerprint density at radius 3 is 2.59 bits per heavy atom. The molecule has 1 unspecified atom stereocenters. The van der Waals surface area contributed by atoms with Crippen LogP contribution in [0.15, 0.2) is 29.3 Å². The summed E-state index contributed by atoms with van der Waals surface area (Å²) in [6, 6.07) is 9.26. The van der Waals surface area contributed by atoms with Gasteiger partial charge >= 0.3 is 0 Å². The molecule has 1 aromatic carbocycles. The van der Waals surface area contributed by atoms with Crippen LogP contribution >= 0.6 is 24.0 Å². The standard InChI is InChI=1S/C24H38N4O3.HI/c1-2-25-24(28-9-6-22(18-28)27-10-14-30-15-11-27)26-17-20-4-3-5-21(16-20)19-31-23-7-12-29-13-8-23;/h3-5,16,22-23H,2,6-15,17-19H2,1H3,(H,25,26);1H. The predicted octanol–water partition coefficient (Wildman–Crippen LogP) is 2.87. The number of likely N-dealkylation sites (tertiary alicyclic amines) is 1. The van der Waals surface area contributed by atoms with Gasteiger partial charge < -0.3 is 24.4 Å². The molecule has 0 aliphatic carbocycles. The minimum Gasteiger partial charge on any atom is -0.381 e. The highest BCUT2D eigenvalue weighted by Crippen LogP contribution is 2.18. The van der Waals surface area contributed by atoms with Gasteiger partial charge in [-0.05, 0) is 37.3 Å². The maximum absolute atomic E-state index is 6.09. The Morgan fingerprint density at radius 2 is 1.81 bits per heavy atom. The maximum atomic E-state index is 6.09. The lowest BCUT2D eigenvalue weighted by atomic mass is 10.1. The molecule has 3 heterocycles. The van der Waals surface area contributed by atoms with Crippen molar-refractivity contribution < 1.29 is 14.2 Å². The van der Waals surface area contributed by atoms with Crippen LogP contribution in [0.2, 0.25) is 0 Å². The lowest BCUT2D eigenvalue weighted by molar-refractivity contribution is -0.0390. The molecule has 0 spiro atoms. The molecule has 0 amide bonds. The van der Waals surface area contributed by atoms with Gasteiger partial charge in [-0.25, -0.2) is 4.99 Å². The Hall–Kier alpha value is -0.940. The van der Waals surface area contributed by atoms with Crippen LogP contribution in [0.1, 0.15) is 37.3 Å². The minimum atomic E-state index is 0. The van der Waals surface area contributed by atoms with E-state index in [1.165, 1.54) is 17.5 Å². The van der Waals surface area contributed by atoms with E-state index in [9.17, 15) is 0 Å². The third kappa shape index (κ3) is 7.55. The van der Waals surface area contributed by atoms with Crippen molar-refractivity contribution in [1.82, 2.24) is 15.1 Å². The number of ether oxygens (including phenoxy) is 3. The van der Waals surface area contributed by atoms with Crippen LogP contribution in [0.5, 0.6) is 0 Å². The molecule has 3 aliphatic rings. The first-order valence-electron chi connectivity index (χ1n) is 11.9. The third-order valence-corrected chi connectivity index (χ3v) is 6.42. The summed E-state index contributed by atoms with van der Waals surface area (Å²) in [5.41, 5.74) is 2.45. The van der Waals surface area contributed by atoms with Crippen LogP contribution < -0.4 is 5.32 Å². The topological polar surface area (TPSA) is 58.6 Å². The molecule has 3 fully saturated rings. The molecule has 8 heteroatoms. The van der Waals surface area contributed by atoms with E-state index in [2.05, 4.69) is 46.3 Å². The van der Waals surface area contributed by atoms with Crippen molar-refractivity contribution in [3.8, 4) is 0 Å². The monoisotopic (exact) mass is 558 g/mol. The van der Waals surface area contributed by atoms with Crippen molar-refractivity contribution in [3.05, 3.63) is 35.4 Å². The van der Waals surface area contributed by atoms with Gasteiger partial charge in [0, 0.05) is 52.0 Å². The summed E-state index contributed by atoms with van der Waals surface area (Å²) in [5, 5.41) is 3.50. The second-order valence-corrected chi connectivity index (χ2v) is 8.65. The number of guanidine groups is 1. The van der Waals surface area contributed by atoms with Gasteiger partial charge in [-0.15, -0.1) is 24.0 Å². The van der Waals surface area contributed by atoms with Crippen molar-refractivity contribution in [2.75, 3.05) is 59.2 Å². The van der Waals surface area contributed by atoms with Gasteiger partial charge in [0.1, 0.15) is 0 Å². The van der Waals surface area contributed by atoms with Gasteiger partial charge in [0.25, 0.3) is 0 Å². The van der Waals surface area contributed by atoms with Gasteiger partial charge in [0.15, 0.2) is 5.96 Å². The average molecular weight is 559 g/mol. The van der Waals surface area contributed by atoms with Crippen molar-refractivity contribution in [2.24, 2.45) is 4.99 Å². The molecular weight excluding hydrogens is 519 g/mol. The smallest absolute Gasteiger partial charge is 0.194 e. The van der Waals surface area contributed by atoms with E-state index in [1.807, 2.05) is 0 Å². The zero-order valence-electron chi connectivity index (χ0n) is 19.3. The average Bonchev–Trinajstić information content (AvgIpc) is 3.32. The summed E-state index contributed by atoms with van der Waals surface area (Å²) in [6.07, 6.45) is 3.52. The number of halogens is 1. The van der Waals surface area contributed by atoms with E-state index in [0.29, 0.717) is 25.3 Å². The van der Waals surface area contributed by atoms with Crippen molar-refractivity contribution in [2.45, 2.75) is 51.5 Å². The molecule has 0 saturated carbocycles. The Kier molecular flexibility index (Phi) is 11.0. The Labute approximate surface area is 209 Å². The van der Waals surface area contributed by atoms with Gasteiger partial charge in [0.2, 0.25) is 0 Å². The molecule has 0 radical (unpaired) electrons. The van der Waals surface area contributed by atoms with Gasteiger partial charge in [-0.1, -0.05) is 24.3 Å². The summed E-state index contributed by atoms with van der Waals surface area (Å²) >= 11 is 0. The van der Waals surface area contributed by atoms with Crippen molar-refractivity contribution in [1.29, 1.82) is 0 Å². The molecule has 3 aliphatic heterocycles. The van der Waals surface area contributed by atoms with Crippen molar-refractivity contribution >= 4 is 29.9 Å². The van der Waals surface area contributed by atoms with Crippen molar-refractivity contribution in [3.63, 3.8) is 0 Å². The molecule has 1 aromatic rings.